The molecule has 12 heteroatoms. The minimum Gasteiger partial charge on any atom is -0.324 e. The van der Waals surface area contributed by atoms with Crippen LogP contribution in [0.15, 0.2) is 41.6 Å². The number of hydrogen-bond donors (Lipinski definition) is 1. The number of carbonyl (C=O) groups excluding carboxylic acids is 1. The maximum absolute atomic E-state index is 12.2. The lowest BCUT2D eigenvalue weighted by Crippen LogP contribution is -2.15. The molecule has 0 saturated heterocycles. The number of aromatic nitrogens is 3. The molecule has 0 fully saturated rings. The fourth-order valence-corrected chi connectivity index (χ4v) is 3.75. The van der Waals surface area contributed by atoms with Crippen molar-refractivity contribution in [3.8, 4) is 11.4 Å². The van der Waals surface area contributed by atoms with E-state index in [2.05, 4.69) is 15.5 Å². The summed E-state index contributed by atoms with van der Waals surface area (Å²) in [6.07, 6.45) is 0. The third-order valence-corrected chi connectivity index (χ3v) is 5.67. The van der Waals surface area contributed by atoms with Crippen molar-refractivity contribution in [2.45, 2.75) is 5.16 Å². The van der Waals surface area contributed by atoms with Crippen LogP contribution < -0.4 is 5.32 Å². The third kappa shape index (κ3) is 4.99. The first-order chi connectivity index (χ1) is 13.8. The lowest BCUT2D eigenvalue weighted by atomic mass is 10.2. The van der Waals surface area contributed by atoms with E-state index in [1.54, 1.807) is 29.8 Å². The molecule has 0 aliphatic carbocycles. The molecule has 0 atom stereocenters. The number of benzene rings is 2. The van der Waals surface area contributed by atoms with Crippen molar-refractivity contribution in [3.05, 3.63) is 61.6 Å². The highest BCUT2D eigenvalue weighted by atomic mass is 35.5. The molecule has 0 saturated carbocycles. The van der Waals surface area contributed by atoms with Crippen LogP contribution in [-0.4, -0.2) is 31.3 Å². The Morgan fingerprint density at radius 3 is 2.62 bits per heavy atom. The van der Waals surface area contributed by atoms with E-state index in [0.29, 0.717) is 26.6 Å². The molecule has 1 aromatic heterocycles. The van der Waals surface area contributed by atoms with Gasteiger partial charge in [-0.2, -0.15) is 0 Å². The Bertz CT molecular complexity index is 1110. The molecular formula is C17H12Cl3N5O3S. The Kier molecular flexibility index (Phi) is 6.63. The first-order valence-corrected chi connectivity index (χ1v) is 10.1. The Labute approximate surface area is 184 Å². The van der Waals surface area contributed by atoms with Gasteiger partial charge in [0.1, 0.15) is 0 Å². The third-order valence-electron chi connectivity index (χ3n) is 3.77. The van der Waals surface area contributed by atoms with Gasteiger partial charge in [-0.05, 0) is 24.3 Å². The fourth-order valence-electron chi connectivity index (χ4n) is 2.38. The van der Waals surface area contributed by atoms with E-state index in [1.807, 2.05) is 0 Å². The van der Waals surface area contributed by atoms with E-state index in [1.165, 1.54) is 18.2 Å². The lowest BCUT2D eigenvalue weighted by Gasteiger charge is -2.08. The van der Waals surface area contributed by atoms with Crippen LogP contribution in [-0.2, 0) is 11.8 Å². The van der Waals surface area contributed by atoms with Crippen LogP contribution >= 0.6 is 46.6 Å². The van der Waals surface area contributed by atoms with Crippen molar-refractivity contribution in [1.82, 2.24) is 14.8 Å². The van der Waals surface area contributed by atoms with Crippen molar-refractivity contribution in [1.29, 1.82) is 0 Å². The number of nitro benzene ring substituents is 1. The normalized spacial score (nSPS) is 10.8. The number of thioether (sulfide) groups is 1. The molecule has 29 heavy (non-hydrogen) atoms. The number of nitrogens with one attached hydrogen (secondary N) is 1. The Hall–Kier alpha value is -2.33. The minimum atomic E-state index is -0.566. The molecule has 3 aromatic rings. The Morgan fingerprint density at radius 1 is 1.17 bits per heavy atom. The van der Waals surface area contributed by atoms with E-state index in [0.717, 1.165) is 11.8 Å². The van der Waals surface area contributed by atoms with Gasteiger partial charge in [-0.3, -0.25) is 14.9 Å². The Balaban J connectivity index is 1.69. The number of amides is 1. The highest BCUT2D eigenvalue weighted by molar-refractivity contribution is 7.99. The van der Waals surface area contributed by atoms with Gasteiger partial charge in [0, 0.05) is 29.8 Å². The molecule has 0 spiro atoms. The van der Waals surface area contributed by atoms with E-state index in [4.69, 9.17) is 34.8 Å². The van der Waals surface area contributed by atoms with Crippen LogP contribution in [0, 0.1) is 10.1 Å². The fraction of sp³-hybridized carbons (Fsp3) is 0.118. The second-order valence-electron chi connectivity index (χ2n) is 5.75. The molecule has 0 bridgehead atoms. The van der Waals surface area contributed by atoms with Crippen molar-refractivity contribution in [3.63, 3.8) is 0 Å². The summed E-state index contributed by atoms with van der Waals surface area (Å²) in [6.45, 7) is 0. The van der Waals surface area contributed by atoms with Gasteiger partial charge in [-0.1, -0.05) is 46.6 Å². The first-order valence-electron chi connectivity index (χ1n) is 7.97. The number of nitro groups is 1. The van der Waals surface area contributed by atoms with Gasteiger partial charge in [0.15, 0.2) is 11.0 Å². The summed E-state index contributed by atoms with van der Waals surface area (Å²) in [5, 5.41) is 23.3. The predicted octanol–water partition coefficient (Wildman–Crippen LogP) is 5.08. The molecule has 8 nitrogen and oxygen atoms in total. The van der Waals surface area contributed by atoms with Crippen molar-refractivity contribution in [2.24, 2.45) is 7.05 Å². The summed E-state index contributed by atoms with van der Waals surface area (Å²) in [6, 6.07) is 8.85. The molecule has 0 radical (unpaired) electrons. The quantitative estimate of drug-likeness (QED) is 0.305. The van der Waals surface area contributed by atoms with Gasteiger partial charge in [-0.15, -0.1) is 10.2 Å². The number of non-ortho nitro benzene ring substituents is 1. The van der Waals surface area contributed by atoms with Gasteiger partial charge < -0.3 is 9.88 Å². The summed E-state index contributed by atoms with van der Waals surface area (Å²) < 4.78 is 1.70. The van der Waals surface area contributed by atoms with Crippen LogP contribution in [0.3, 0.4) is 0 Å². The summed E-state index contributed by atoms with van der Waals surface area (Å²) in [7, 11) is 1.75. The highest BCUT2D eigenvalue weighted by Crippen LogP contribution is 2.31. The monoisotopic (exact) mass is 471 g/mol. The number of nitrogens with zero attached hydrogens (tertiary/aromatic N) is 4. The number of halogens is 3. The summed E-state index contributed by atoms with van der Waals surface area (Å²) in [5.41, 5.74) is 0.652. The Morgan fingerprint density at radius 2 is 1.93 bits per heavy atom. The number of rotatable bonds is 6. The van der Waals surface area contributed by atoms with Gasteiger partial charge in [0.05, 0.1) is 26.4 Å². The van der Waals surface area contributed by atoms with Crippen LogP contribution in [0.25, 0.3) is 11.4 Å². The molecule has 3 rings (SSSR count). The van der Waals surface area contributed by atoms with Crippen molar-refractivity contribution >= 4 is 63.8 Å². The van der Waals surface area contributed by atoms with Crippen LogP contribution in [0.4, 0.5) is 11.4 Å². The number of carbonyl (C=O) groups is 1. The zero-order valence-corrected chi connectivity index (χ0v) is 17.8. The average Bonchev–Trinajstić information content (AvgIpc) is 3.02. The zero-order chi connectivity index (χ0) is 21.1. The average molecular weight is 473 g/mol. The molecule has 0 unspecified atom stereocenters. The molecule has 2 aromatic carbocycles. The van der Waals surface area contributed by atoms with Crippen LogP contribution in [0.1, 0.15) is 0 Å². The molecule has 1 amide bonds. The second kappa shape index (κ2) is 9.00. The summed E-state index contributed by atoms with van der Waals surface area (Å²) in [4.78, 5) is 22.6. The van der Waals surface area contributed by atoms with Gasteiger partial charge in [0.25, 0.3) is 5.69 Å². The highest BCUT2D eigenvalue weighted by Gasteiger charge is 2.17. The molecule has 1 N–H and O–H groups in total. The molecular weight excluding hydrogens is 461 g/mol. The second-order valence-corrected chi connectivity index (χ2v) is 7.94. The summed E-state index contributed by atoms with van der Waals surface area (Å²) in [5.74, 6) is 0.127. The van der Waals surface area contributed by atoms with E-state index >= 15 is 0 Å². The van der Waals surface area contributed by atoms with E-state index in [-0.39, 0.29) is 22.2 Å². The minimum absolute atomic E-state index is 0.000651. The van der Waals surface area contributed by atoms with Crippen LogP contribution in [0.2, 0.25) is 15.1 Å². The molecule has 150 valence electrons. The smallest absolute Gasteiger partial charge is 0.271 e. The standard InChI is InChI=1S/C17H12Cl3N5O3S/c1-24-16(11-4-2-9(18)6-13(11)20)22-23-17(24)29-8-15(26)21-14-7-10(25(27)28)3-5-12(14)19/h2-7H,8H2,1H3,(H,21,26). The zero-order valence-electron chi connectivity index (χ0n) is 14.7. The predicted molar refractivity (Wildman–Crippen MR) is 114 cm³/mol. The topological polar surface area (TPSA) is 103 Å². The largest absolute Gasteiger partial charge is 0.324 e. The van der Waals surface area contributed by atoms with Crippen LogP contribution in [0.5, 0.6) is 0 Å². The van der Waals surface area contributed by atoms with Gasteiger partial charge >= 0.3 is 0 Å². The summed E-state index contributed by atoms with van der Waals surface area (Å²) >= 11 is 19.3. The maximum atomic E-state index is 12.2. The first kappa shape index (κ1) is 21.4. The van der Waals surface area contributed by atoms with Gasteiger partial charge in [0.2, 0.25) is 5.91 Å². The van der Waals surface area contributed by atoms with Crippen molar-refractivity contribution < 1.29 is 9.72 Å². The van der Waals surface area contributed by atoms with E-state index < -0.39 is 10.8 Å². The number of hydrogen-bond acceptors (Lipinski definition) is 6. The molecule has 0 aliphatic heterocycles. The SMILES string of the molecule is Cn1c(SCC(=O)Nc2cc([N+](=O)[O-])ccc2Cl)nnc1-c1ccc(Cl)cc1Cl. The molecule has 1 heterocycles. The lowest BCUT2D eigenvalue weighted by molar-refractivity contribution is -0.384. The van der Waals surface area contributed by atoms with Gasteiger partial charge in [-0.25, -0.2) is 0 Å². The maximum Gasteiger partial charge on any atom is 0.271 e. The molecule has 0 aliphatic rings. The number of anilines is 1. The van der Waals surface area contributed by atoms with Crippen molar-refractivity contribution in [2.75, 3.05) is 11.1 Å². The van der Waals surface area contributed by atoms with E-state index in [9.17, 15) is 14.9 Å².